The van der Waals surface area contributed by atoms with Gasteiger partial charge in [0.25, 0.3) is 0 Å². The van der Waals surface area contributed by atoms with E-state index in [9.17, 15) is 0 Å². The normalized spacial score (nSPS) is 10.8. The average Bonchev–Trinajstić information content (AvgIpc) is 3.22. The molecule has 4 rings (SSSR count). The van der Waals surface area contributed by atoms with E-state index in [0.29, 0.717) is 13.0 Å². The SMILES string of the molecule is C=Cc1ccc(-n2nnc(CNCl)c2Cc2ccc(-c3ccc(OC)cc3)cc2)cc1. The highest BCUT2D eigenvalue weighted by atomic mass is 35.5. The number of nitrogens with one attached hydrogen (secondary N) is 1. The largest absolute Gasteiger partial charge is 0.497 e. The van der Waals surface area contributed by atoms with Gasteiger partial charge in [0.2, 0.25) is 0 Å². The van der Waals surface area contributed by atoms with Gasteiger partial charge in [-0.3, -0.25) is 0 Å². The lowest BCUT2D eigenvalue weighted by atomic mass is 10.0. The minimum absolute atomic E-state index is 0.436. The van der Waals surface area contributed by atoms with Crippen LogP contribution in [0.4, 0.5) is 0 Å². The smallest absolute Gasteiger partial charge is 0.118 e. The number of benzene rings is 3. The molecule has 0 aliphatic carbocycles. The third-order valence-electron chi connectivity index (χ3n) is 5.20. The lowest BCUT2D eigenvalue weighted by Gasteiger charge is -2.10. The Hall–Kier alpha value is -3.41. The number of methoxy groups -OCH3 is 1. The van der Waals surface area contributed by atoms with E-state index in [-0.39, 0.29) is 0 Å². The molecule has 0 spiro atoms. The quantitative estimate of drug-likeness (QED) is 0.379. The fraction of sp³-hybridized carbons (Fsp3) is 0.120. The summed E-state index contributed by atoms with van der Waals surface area (Å²) in [6.07, 6.45) is 2.51. The van der Waals surface area contributed by atoms with E-state index in [0.717, 1.165) is 39.5 Å². The van der Waals surface area contributed by atoms with Crippen LogP contribution in [0.3, 0.4) is 0 Å². The highest BCUT2D eigenvalue weighted by Gasteiger charge is 2.15. The van der Waals surface area contributed by atoms with Gasteiger partial charge in [0.1, 0.15) is 11.4 Å². The lowest BCUT2D eigenvalue weighted by molar-refractivity contribution is 0.415. The molecule has 1 aromatic heterocycles. The number of ether oxygens (including phenoxy) is 1. The Kier molecular flexibility index (Phi) is 6.46. The van der Waals surface area contributed by atoms with Crippen molar-refractivity contribution in [2.45, 2.75) is 13.0 Å². The van der Waals surface area contributed by atoms with Gasteiger partial charge in [0, 0.05) is 6.42 Å². The predicted octanol–water partition coefficient (Wildman–Crippen LogP) is 5.42. The molecule has 0 saturated heterocycles. The van der Waals surface area contributed by atoms with Gasteiger partial charge in [-0.05, 0) is 58.3 Å². The maximum absolute atomic E-state index is 5.77. The Morgan fingerprint density at radius 1 is 0.968 bits per heavy atom. The Balaban J connectivity index is 1.61. The van der Waals surface area contributed by atoms with Crippen LogP contribution < -0.4 is 9.57 Å². The van der Waals surface area contributed by atoms with Gasteiger partial charge in [-0.25, -0.2) is 9.52 Å². The van der Waals surface area contributed by atoms with E-state index in [1.165, 1.54) is 5.56 Å². The Morgan fingerprint density at radius 2 is 1.61 bits per heavy atom. The molecule has 1 heterocycles. The van der Waals surface area contributed by atoms with Crippen LogP contribution in [0, 0.1) is 0 Å². The minimum Gasteiger partial charge on any atom is -0.497 e. The first-order valence-corrected chi connectivity index (χ1v) is 10.3. The van der Waals surface area contributed by atoms with Crippen LogP contribution in [0.5, 0.6) is 5.75 Å². The van der Waals surface area contributed by atoms with E-state index in [2.05, 4.69) is 58.1 Å². The van der Waals surface area contributed by atoms with Crippen molar-refractivity contribution in [3.63, 3.8) is 0 Å². The van der Waals surface area contributed by atoms with Crippen LogP contribution in [-0.2, 0) is 13.0 Å². The first-order chi connectivity index (χ1) is 15.2. The summed E-state index contributed by atoms with van der Waals surface area (Å²) < 4.78 is 7.11. The third kappa shape index (κ3) is 4.68. The average molecular weight is 431 g/mol. The van der Waals surface area contributed by atoms with Crippen LogP contribution in [0.2, 0.25) is 0 Å². The molecule has 0 radical (unpaired) electrons. The molecule has 0 fully saturated rings. The molecule has 0 atom stereocenters. The second kappa shape index (κ2) is 9.60. The van der Waals surface area contributed by atoms with E-state index in [1.54, 1.807) is 7.11 Å². The van der Waals surface area contributed by atoms with Crippen LogP contribution >= 0.6 is 11.8 Å². The molecule has 156 valence electrons. The van der Waals surface area contributed by atoms with E-state index < -0.39 is 0 Å². The van der Waals surface area contributed by atoms with Crippen LogP contribution in [0.1, 0.15) is 22.5 Å². The summed E-state index contributed by atoms with van der Waals surface area (Å²) in [4.78, 5) is 2.67. The van der Waals surface area contributed by atoms with Crippen molar-refractivity contribution in [2.24, 2.45) is 0 Å². The van der Waals surface area contributed by atoms with Crippen molar-refractivity contribution in [2.75, 3.05) is 7.11 Å². The molecule has 0 unspecified atom stereocenters. The monoisotopic (exact) mass is 430 g/mol. The number of nitrogens with zero attached hydrogens (tertiary/aromatic N) is 3. The minimum atomic E-state index is 0.436. The fourth-order valence-electron chi connectivity index (χ4n) is 3.46. The molecule has 1 N–H and O–H groups in total. The Bertz CT molecular complexity index is 1150. The van der Waals surface area contributed by atoms with Gasteiger partial charge in [0.15, 0.2) is 0 Å². The molecule has 0 bridgehead atoms. The highest BCUT2D eigenvalue weighted by molar-refractivity contribution is 6.13. The molecule has 0 amide bonds. The molecule has 3 aromatic carbocycles. The van der Waals surface area contributed by atoms with Crippen molar-refractivity contribution in [3.05, 3.63) is 102 Å². The third-order valence-corrected chi connectivity index (χ3v) is 5.33. The van der Waals surface area contributed by atoms with Crippen LogP contribution in [-0.4, -0.2) is 22.1 Å². The molecular weight excluding hydrogens is 408 g/mol. The summed E-state index contributed by atoms with van der Waals surface area (Å²) in [5, 5.41) is 8.70. The molecule has 4 aromatic rings. The number of hydrogen-bond donors (Lipinski definition) is 1. The summed E-state index contributed by atoms with van der Waals surface area (Å²) in [6, 6.07) is 24.6. The first kappa shape index (κ1) is 20.8. The van der Waals surface area contributed by atoms with Crippen molar-refractivity contribution in [1.82, 2.24) is 19.8 Å². The molecule has 5 nitrogen and oxygen atoms in total. The molecule has 0 aliphatic heterocycles. The second-order valence-electron chi connectivity index (χ2n) is 7.10. The molecular formula is C25H23ClN4O. The molecule has 6 heteroatoms. The number of rotatable bonds is 8. The van der Waals surface area contributed by atoms with Gasteiger partial charge >= 0.3 is 0 Å². The van der Waals surface area contributed by atoms with E-state index >= 15 is 0 Å². The topological polar surface area (TPSA) is 52.0 Å². The number of aromatic nitrogens is 3. The predicted molar refractivity (Wildman–Crippen MR) is 125 cm³/mol. The zero-order valence-corrected chi connectivity index (χ0v) is 18.0. The van der Waals surface area contributed by atoms with E-state index in [1.807, 2.05) is 47.2 Å². The van der Waals surface area contributed by atoms with Crippen molar-refractivity contribution < 1.29 is 4.74 Å². The molecule has 0 saturated carbocycles. The summed E-state index contributed by atoms with van der Waals surface area (Å²) in [5.41, 5.74) is 7.29. The Morgan fingerprint density at radius 3 is 2.19 bits per heavy atom. The van der Waals surface area contributed by atoms with Gasteiger partial charge in [-0.2, -0.15) is 0 Å². The number of hydrogen-bond acceptors (Lipinski definition) is 4. The lowest BCUT2D eigenvalue weighted by Crippen LogP contribution is -2.07. The van der Waals surface area contributed by atoms with Crippen LogP contribution in [0.15, 0.2) is 79.4 Å². The fourth-order valence-corrected chi connectivity index (χ4v) is 3.59. The van der Waals surface area contributed by atoms with Crippen molar-refractivity contribution in [3.8, 4) is 22.6 Å². The summed E-state index contributed by atoms with van der Waals surface area (Å²) in [7, 11) is 1.67. The summed E-state index contributed by atoms with van der Waals surface area (Å²) in [5.74, 6) is 0.850. The summed E-state index contributed by atoms with van der Waals surface area (Å²) >= 11 is 5.77. The molecule has 31 heavy (non-hydrogen) atoms. The standard InChI is InChI=1S/C25H23ClN4O/c1-3-18-6-12-22(13-7-18)30-25(24(17-27-26)28-29-30)16-19-4-8-20(9-5-19)21-10-14-23(31-2)15-11-21/h3-15,27H,1,16-17H2,2H3. The highest BCUT2D eigenvalue weighted by Crippen LogP contribution is 2.24. The van der Waals surface area contributed by atoms with Gasteiger partial charge in [-0.1, -0.05) is 66.4 Å². The zero-order valence-electron chi connectivity index (χ0n) is 17.3. The van der Waals surface area contributed by atoms with Gasteiger partial charge in [0.05, 0.1) is 25.0 Å². The maximum atomic E-state index is 5.77. The maximum Gasteiger partial charge on any atom is 0.118 e. The van der Waals surface area contributed by atoms with Crippen LogP contribution in [0.25, 0.3) is 22.9 Å². The van der Waals surface area contributed by atoms with E-state index in [4.69, 9.17) is 16.5 Å². The molecule has 0 aliphatic rings. The summed E-state index contributed by atoms with van der Waals surface area (Å²) in [6.45, 7) is 4.24. The van der Waals surface area contributed by atoms with Crippen molar-refractivity contribution in [1.29, 1.82) is 0 Å². The second-order valence-corrected chi connectivity index (χ2v) is 7.37. The van der Waals surface area contributed by atoms with Gasteiger partial charge in [-0.15, -0.1) is 5.10 Å². The number of halogens is 1. The zero-order chi connectivity index (χ0) is 21.6. The first-order valence-electron chi connectivity index (χ1n) is 9.95. The Labute approximate surface area is 187 Å². The van der Waals surface area contributed by atoms with Crippen molar-refractivity contribution >= 4 is 17.9 Å². The van der Waals surface area contributed by atoms with Gasteiger partial charge < -0.3 is 4.74 Å².